The van der Waals surface area contributed by atoms with Crippen molar-refractivity contribution in [1.29, 1.82) is 0 Å². The van der Waals surface area contributed by atoms with E-state index in [-0.39, 0.29) is 17.7 Å². The molecular formula is C19H26N2O3. The molecule has 2 aliphatic rings. The molecule has 1 aromatic heterocycles. The molecule has 2 fully saturated rings. The third kappa shape index (κ3) is 3.94. The fraction of sp³-hybridized carbons (Fsp3) is 0.632. The maximum atomic E-state index is 13.0. The fourth-order valence-electron chi connectivity index (χ4n) is 3.77. The second kappa shape index (κ2) is 7.77. The van der Waals surface area contributed by atoms with Crippen LogP contribution < -0.4 is 0 Å². The van der Waals surface area contributed by atoms with Crippen LogP contribution in [-0.2, 0) is 16.0 Å². The second-order valence-corrected chi connectivity index (χ2v) is 7.07. The van der Waals surface area contributed by atoms with E-state index < -0.39 is 5.97 Å². The minimum atomic E-state index is -0.716. The third-order valence-electron chi connectivity index (χ3n) is 5.56. The van der Waals surface area contributed by atoms with Crippen molar-refractivity contribution in [2.45, 2.75) is 57.4 Å². The molecule has 0 aromatic carbocycles. The number of rotatable bonds is 6. The van der Waals surface area contributed by atoms with Crippen molar-refractivity contribution >= 4 is 11.9 Å². The van der Waals surface area contributed by atoms with E-state index >= 15 is 0 Å². The Kier molecular flexibility index (Phi) is 5.48. The van der Waals surface area contributed by atoms with Crippen molar-refractivity contribution in [2.24, 2.45) is 11.8 Å². The number of nitrogens with zero attached hydrogens (tertiary/aromatic N) is 2. The van der Waals surface area contributed by atoms with Gasteiger partial charge in [-0.1, -0.05) is 6.07 Å². The molecule has 130 valence electrons. The van der Waals surface area contributed by atoms with E-state index in [4.69, 9.17) is 5.11 Å². The zero-order valence-corrected chi connectivity index (χ0v) is 14.1. The Morgan fingerprint density at radius 3 is 2.33 bits per heavy atom. The third-order valence-corrected chi connectivity index (χ3v) is 5.56. The zero-order chi connectivity index (χ0) is 16.9. The Hall–Kier alpha value is -1.91. The predicted octanol–water partition coefficient (Wildman–Crippen LogP) is 2.90. The van der Waals surface area contributed by atoms with E-state index in [1.807, 2.05) is 18.2 Å². The summed E-state index contributed by atoms with van der Waals surface area (Å²) >= 11 is 0. The van der Waals surface area contributed by atoms with Gasteiger partial charge in [-0.25, -0.2) is 0 Å². The van der Waals surface area contributed by atoms with Crippen molar-refractivity contribution < 1.29 is 14.7 Å². The molecule has 0 atom stereocenters. The van der Waals surface area contributed by atoms with Gasteiger partial charge in [0.2, 0.25) is 5.91 Å². The maximum Gasteiger partial charge on any atom is 0.306 e. The molecular weight excluding hydrogens is 304 g/mol. The van der Waals surface area contributed by atoms with Crippen LogP contribution in [0.3, 0.4) is 0 Å². The van der Waals surface area contributed by atoms with Crippen LogP contribution in [0.15, 0.2) is 24.4 Å². The summed E-state index contributed by atoms with van der Waals surface area (Å²) in [7, 11) is 0. The molecule has 0 aliphatic heterocycles. The molecule has 24 heavy (non-hydrogen) atoms. The standard InChI is InChI=1S/C19H26N2O3/c22-18(14-7-9-15(10-8-14)19(23)24)21(17-5-3-6-17)13-11-16-4-1-2-12-20-16/h1-2,4,12,14-15,17H,3,5-11,13H2,(H,23,24). The van der Waals surface area contributed by atoms with Gasteiger partial charge in [0.1, 0.15) is 0 Å². The van der Waals surface area contributed by atoms with Gasteiger partial charge in [0.15, 0.2) is 0 Å². The number of hydrogen-bond donors (Lipinski definition) is 1. The molecule has 0 radical (unpaired) electrons. The van der Waals surface area contributed by atoms with E-state index in [0.717, 1.165) is 31.5 Å². The summed E-state index contributed by atoms with van der Waals surface area (Å²) < 4.78 is 0. The molecule has 1 amide bonds. The number of aromatic nitrogens is 1. The van der Waals surface area contributed by atoms with Crippen LogP contribution in [0, 0.1) is 11.8 Å². The van der Waals surface area contributed by atoms with Crippen LogP contribution in [0.2, 0.25) is 0 Å². The highest BCUT2D eigenvalue weighted by atomic mass is 16.4. The molecule has 0 spiro atoms. The number of carbonyl (C=O) groups excluding carboxylic acids is 1. The number of aliphatic carboxylic acids is 1. The minimum Gasteiger partial charge on any atom is -0.481 e. The molecule has 2 aliphatic carbocycles. The summed E-state index contributed by atoms with van der Waals surface area (Å²) in [6.45, 7) is 0.722. The highest BCUT2D eigenvalue weighted by Crippen LogP contribution is 2.33. The average molecular weight is 330 g/mol. The second-order valence-electron chi connectivity index (χ2n) is 7.07. The first-order valence-corrected chi connectivity index (χ1v) is 9.08. The Morgan fingerprint density at radius 1 is 1.08 bits per heavy atom. The largest absolute Gasteiger partial charge is 0.481 e. The first-order chi connectivity index (χ1) is 11.6. The molecule has 5 heteroatoms. The van der Waals surface area contributed by atoms with Crippen LogP contribution >= 0.6 is 0 Å². The first kappa shape index (κ1) is 16.9. The number of carboxylic acids is 1. The monoisotopic (exact) mass is 330 g/mol. The number of pyridine rings is 1. The minimum absolute atomic E-state index is 0.00457. The Bertz CT molecular complexity index is 563. The molecule has 5 nitrogen and oxygen atoms in total. The summed E-state index contributed by atoms with van der Waals surface area (Å²) in [5.74, 6) is -0.740. The van der Waals surface area contributed by atoms with E-state index in [1.54, 1.807) is 6.20 Å². The SMILES string of the molecule is O=C(O)C1CCC(C(=O)N(CCc2ccccn2)C2CCC2)CC1. The molecule has 1 aromatic rings. The average Bonchev–Trinajstić information content (AvgIpc) is 2.57. The summed E-state index contributed by atoms with van der Waals surface area (Å²) in [4.78, 5) is 30.5. The lowest BCUT2D eigenvalue weighted by molar-refractivity contribution is -0.147. The molecule has 1 heterocycles. The highest BCUT2D eigenvalue weighted by Gasteiger charge is 2.35. The molecule has 1 N–H and O–H groups in total. The van der Waals surface area contributed by atoms with Gasteiger partial charge in [-0.3, -0.25) is 14.6 Å². The lowest BCUT2D eigenvalue weighted by Gasteiger charge is -2.40. The van der Waals surface area contributed by atoms with Crippen LogP contribution in [0.1, 0.15) is 50.6 Å². The van der Waals surface area contributed by atoms with Crippen molar-refractivity contribution in [3.63, 3.8) is 0 Å². The summed E-state index contributed by atoms with van der Waals surface area (Å²) in [6.07, 6.45) is 8.65. The fourth-order valence-corrected chi connectivity index (χ4v) is 3.77. The van der Waals surface area contributed by atoms with Crippen molar-refractivity contribution in [2.75, 3.05) is 6.54 Å². The van der Waals surface area contributed by atoms with Gasteiger partial charge < -0.3 is 10.0 Å². The van der Waals surface area contributed by atoms with Crippen LogP contribution in [0.4, 0.5) is 0 Å². The Labute approximate surface area is 143 Å². The van der Waals surface area contributed by atoms with Crippen LogP contribution in [-0.4, -0.2) is 39.5 Å². The lowest BCUT2D eigenvalue weighted by Crippen LogP contribution is -2.48. The van der Waals surface area contributed by atoms with Crippen molar-refractivity contribution in [1.82, 2.24) is 9.88 Å². The van der Waals surface area contributed by atoms with Gasteiger partial charge in [-0.05, 0) is 57.1 Å². The lowest BCUT2D eigenvalue weighted by atomic mass is 9.80. The number of amides is 1. The topological polar surface area (TPSA) is 70.5 Å². The van der Waals surface area contributed by atoms with Crippen molar-refractivity contribution in [3.8, 4) is 0 Å². The van der Waals surface area contributed by atoms with E-state index in [2.05, 4.69) is 9.88 Å². The summed E-state index contributed by atoms with van der Waals surface area (Å²) in [5.41, 5.74) is 1.02. The Morgan fingerprint density at radius 2 is 1.79 bits per heavy atom. The normalized spacial score (nSPS) is 24.2. The zero-order valence-electron chi connectivity index (χ0n) is 14.1. The van der Waals surface area contributed by atoms with Crippen LogP contribution in [0.25, 0.3) is 0 Å². The summed E-state index contributed by atoms with van der Waals surface area (Å²) in [5, 5.41) is 9.12. The molecule has 0 saturated heterocycles. The quantitative estimate of drug-likeness (QED) is 0.870. The van der Waals surface area contributed by atoms with E-state index in [1.165, 1.54) is 6.42 Å². The van der Waals surface area contributed by atoms with E-state index in [0.29, 0.717) is 31.7 Å². The van der Waals surface area contributed by atoms with Gasteiger partial charge in [0.25, 0.3) is 0 Å². The summed E-state index contributed by atoms with van der Waals surface area (Å²) in [6, 6.07) is 6.25. The Balaban J connectivity index is 1.59. The number of hydrogen-bond acceptors (Lipinski definition) is 3. The van der Waals surface area contributed by atoms with Gasteiger partial charge in [0, 0.05) is 36.8 Å². The van der Waals surface area contributed by atoms with Gasteiger partial charge in [0.05, 0.1) is 5.92 Å². The molecule has 2 saturated carbocycles. The van der Waals surface area contributed by atoms with E-state index in [9.17, 15) is 9.59 Å². The first-order valence-electron chi connectivity index (χ1n) is 9.08. The highest BCUT2D eigenvalue weighted by molar-refractivity contribution is 5.80. The van der Waals surface area contributed by atoms with Crippen LogP contribution in [0.5, 0.6) is 0 Å². The number of carbonyl (C=O) groups is 2. The number of carboxylic acid groups (broad SMARTS) is 1. The van der Waals surface area contributed by atoms with Crippen molar-refractivity contribution in [3.05, 3.63) is 30.1 Å². The maximum absolute atomic E-state index is 13.0. The van der Waals surface area contributed by atoms with Gasteiger partial charge in [-0.2, -0.15) is 0 Å². The molecule has 0 unspecified atom stereocenters. The molecule has 0 bridgehead atoms. The van der Waals surface area contributed by atoms with Gasteiger partial charge in [-0.15, -0.1) is 0 Å². The predicted molar refractivity (Wildman–Crippen MR) is 90.4 cm³/mol. The molecule has 3 rings (SSSR count). The van der Waals surface area contributed by atoms with Gasteiger partial charge >= 0.3 is 5.97 Å². The smallest absolute Gasteiger partial charge is 0.306 e.